The molecule has 3 nitrogen and oxygen atoms in total. The lowest BCUT2D eigenvalue weighted by Crippen LogP contribution is -2.37. The Labute approximate surface area is 186 Å². The number of rotatable bonds is 7. The van der Waals surface area contributed by atoms with Crippen molar-refractivity contribution in [3.63, 3.8) is 0 Å². The van der Waals surface area contributed by atoms with Gasteiger partial charge in [-0.25, -0.2) is 4.99 Å². The van der Waals surface area contributed by atoms with Crippen LogP contribution in [0.2, 0.25) is 0 Å². The molecule has 0 spiro atoms. The average molecular weight is 422 g/mol. The van der Waals surface area contributed by atoms with Crippen molar-refractivity contribution >= 4 is 29.0 Å². The predicted octanol–water partition coefficient (Wildman–Crippen LogP) is 7.27. The van der Waals surface area contributed by atoms with Gasteiger partial charge in [0.15, 0.2) is 0 Å². The molecule has 2 aromatic rings. The second-order valence-electron chi connectivity index (χ2n) is 8.04. The van der Waals surface area contributed by atoms with Crippen LogP contribution >= 0.6 is 11.8 Å². The number of amidine groups is 1. The molecule has 30 heavy (non-hydrogen) atoms. The SMILES string of the molecule is CCC/C=C/N=C(Nc1ccc(SC)cc1)c1cc(N2CCCCC2C)ccc1C. The molecule has 1 unspecified atom stereocenters. The number of nitrogens with zero attached hydrogens (tertiary/aromatic N) is 2. The summed E-state index contributed by atoms with van der Waals surface area (Å²) < 4.78 is 0. The van der Waals surface area contributed by atoms with Crippen LogP contribution in [0.1, 0.15) is 57.1 Å². The van der Waals surface area contributed by atoms with Gasteiger partial charge in [-0.3, -0.25) is 0 Å². The molecule has 0 radical (unpaired) electrons. The molecule has 1 aliphatic rings. The van der Waals surface area contributed by atoms with Gasteiger partial charge in [-0.15, -0.1) is 11.8 Å². The van der Waals surface area contributed by atoms with E-state index in [9.17, 15) is 0 Å². The summed E-state index contributed by atoms with van der Waals surface area (Å²) >= 11 is 1.76. The Kier molecular flexibility index (Phi) is 8.44. The zero-order valence-corrected chi connectivity index (χ0v) is 19.6. The average Bonchev–Trinajstić information content (AvgIpc) is 2.77. The molecule has 3 rings (SSSR count). The fourth-order valence-corrected chi connectivity index (χ4v) is 4.28. The molecule has 1 fully saturated rings. The number of hydrogen-bond donors (Lipinski definition) is 1. The Balaban J connectivity index is 1.94. The van der Waals surface area contributed by atoms with E-state index in [2.05, 4.69) is 85.8 Å². The topological polar surface area (TPSA) is 27.6 Å². The first-order valence-corrected chi connectivity index (χ1v) is 12.4. The molecule has 4 heteroatoms. The number of allylic oxidation sites excluding steroid dienone is 1. The lowest BCUT2D eigenvalue weighted by atomic mass is 10.0. The third kappa shape index (κ3) is 5.91. The predicted molar refractivity (Wildman–Crippen MR) is 134 cm³/mol. The summed E-state index contributed by atoms with van der Waals surface area (Å²) in [6.07, 6.45) is 12.2. The molecule has 1 aliphatic heterocycles. The van der Waals surface area contributed by atoms with Crippen LogP contribution < -0.4 is 10.2 Å². The second kappa shape index (κ2) is 11.3. The highest BCUT2D eigenvalue weighted by Gasteiger charge is 2.20. The highest BCUT2D eigenvalue weighted by molar-refractivity contribution is 7.98. The van der Waals surface area contributed by atoms with Crippen molar-refractivity contribution in [2.24, 2.45) is 4.99 Å². The van der Waals surface area contributed by atoms with Crippen molar-refractivity contribution in [1.29, 1.82) is 0 Å². The number of benzene rings is 2. The maximum atomic E-state index is 4.84. The van der Waals surface area contributed by atoms with Gasteiger partial charge in [-0.1, -0.05) is 25.5 Å². The number of aliphatic imine (C=N–C) groups is 1. The highest BCUT2D eigenvalue weighted by atomic mass is 32.2. The summed E-state index contributed by atoms with van der Waals surface area (Å²) in [7, 11) is 0. The zero-order chi connectivity index (χ0) is 21.3. The number of anilines is 2. The summed E-state index contributed by atoms with van der Waals surface area (Å²) in [5.41, 5.74) is 4.76. The smallest absolute Gasteiger partial charge is 0.137 e. The normalized spacial score (nSPS) is 17.5. The van der Waals surface area contributed by atoms with Crippen LogP contribution in [0, 0.1) is 6.92 Å². The van der Waals surface area contributed by atoms with Gasteiger partial charge in [-0.05, 0) is 87.7 Å². The maximum Gasteiger partial charge on any atom is 0.137 e. The van der Waals surface area contributed by atoms with Crippen molar-refractivity contribution in [3.8, 4) is 0 Å². The molecule has 0 amide bonds. The van der Waals surface area contributed by atoms with Crippen molar-refractivity contribution in [3.05, 3.63) is 65.9 Å². The van der Waals surface area contributed by atoms with Crippen LogP contribution in [-0.2, 0) is 0 Å². The quantitative estimate of drug-likeness (QED) is 0.289. The number of nitrogens with one attached hydrogen (secondary N) is 1. The number of aryl methyl sites for hydroxylation is 1. The zero-order valence-electron chi connectivity index (χ0n) is 18.8. The molecular weight excluding hydrogens is 386 g/mol. The Morgan fingerprint density at radius 3 is 2.70 bits per heavy atom. The fraction of sp³-hybridized carbons (Fsp3) is 0.423. The lowest BCUT2D eigenvalue weighted by molar-refractivity contribution is 0.485. The molecule has 0 saturated carbocycles. The van der Waals surface area contributed by atoms with Crippen LogP contribution in [0.15, 0.2) is 64.6 Å². The number of thioether (sulfide) groups is 1. The van der Waals surface area contributed by atoms with Gasteiger partial charge in [0.2, 0.25) is 0 Å². The third-order valence-electron chi connectivity index (χ3n) is 5.73. The Morgan fingerprint density at radius 2 is 2.00 bits per heavy atom. The summed E-state index contributed by atoms with van der Waals surface area (Å²) in [5.74, 6) is 0.906. The van der Waals surface area contributed by atoms with Gasteiger partial charge < -0.3 is 10.2 Å². The second-order valence-corrected chi connectivity index (χ2v) is 8.92. The summed E-state index contributed by atoms with van der Waals surface area (Å²) in [6, 6.07) is 15.9. The van der Waals surface area contributed by atoms with Gasteiger partial charge in [-0.2, -0.15) is 0 Å². The molecule has 0 aliphatic carbocycles. The van der Waals surface area contributed by atoms with Gasteiger partial charge in [0.25, 0.3) is 0 Å². The molecule has 2 aromatic carbocycles. The van der Waals surface area contributed by atoms with E-state index in [1.165, 1.54) is 41.0 Å². The minimum absolute atomic E-state index is 0.589. The van der Waals surface area contributed by atoms with Crippen molar-refractivity contribution in [1.82, 2.24) is 0 Å². The summed E-state index contributed by atoms with van der Waals surface area (Å²) in [5, 5.41) is 3.58. The van der Waals surface area contributed by atoms with E-state index in [0.29, 0.717) is 6.04 Å². The summed E-state index contributed by atoms with van der Waals surface area (Å²) in [4.78, 5) is 8.65. The minimum Gasteiger partial charge on any atom is -0.369 e. The van der Waals surface area contributed by atoms with Crippen LogP contribution in [-0.4, -0.2) is 24.7 Å². The van der Waals surface area contributed by atoms with E-state index < -0.39 is 0 Å². The Morgan fingerprint density at radius 1 is 1.20 bits per heavy atom. The molecule has 1 heterocycles. The van der Waals surface area contributed by atoms with Gasteiger partial charge in [0.05, 0.1) is 0 Å². The third-order valence-corrected chi connectivity index (χ3v) is 6.47. The van der Waals surface area contributed by atoms with E-state index in [1.807, 2.05) is 6.20 Å². The van der Waals surface area contributed by atoms with E-state index in [-0.39, 0.29) is 0 Å². The molecule has 0 aromatic heterocycles. The molecule has 1 atom stereocenters. The van der Waals surface area contributed by atoms with E-state index in [4.69, 9.17) is 4.99 Å². The minimum atomic E-state index is 0.589. The van der Waals surface area contributed by atoms with Crippen molar-refractivity contribution in [2.45, 2.75) is 63.8 Å². The first-order valence-electron chi connectivity index (χ1n) is 11.1. The van der Waals surface area contributed by atoms with Crippen LogP contribution in [0.25, 0.3) is 0 Å². The molecular formula is C26H35N3S. The molecule has 1 saturated heterocycles. The maximum absolute atomic E-state index is 4.84. The molecule has 0 bridgehead atoms. The lowest BCUT2D eigenvalue weighted by Gasteiger charge is -2.35. The Hall–Kier alpha value is -2.20. The van der Waals surface area contributed by atoms with Crippen LogP contribution in [0.3, 0.4) is 0 Å². The standard InChI is InChI=1S/C26H35N3S/c1-5-6-8-17-27-26(28-22-12-15-24(30-4)16-13-22)25-19-23(14-11-20(25)2)29-18-9-7-10-21(29)3/h8,11-17,19,21H,5-7,9-10,18H2,1-4H3,(H,27,28)/b17-8+. The van der Waals surface area contributed by atoms with E-state index in [1.54, 1.807) is 11.8 Å². The van der Waals surface area contributed by atoms with Gasteiger partial charge in [0, 0.05) is 40.6 Å². The van der Waals surface area contributed by atoms with Gasteiger partial charge >= 0.3 is 0 Å². The molecule has 1 N–H and O–H groups in total. The number of piperidine rings is 1. The highest BCUT2D eigenvalue weighted by Crippen LogP contribution is 2.27. The van der Waals surface area contributed by atoms with Crippen molar-refractivity contribution in [2.75, 3.05) is 23.0 Å². The first-order chi connectivity index (χ1) is 14.6. The number of hydrogen-bond acceptors (Lipinski definition) is 3. The van der Waals surface area contributed by atoms with Gasteiger partial charge in [0.1, 0.15) is 5.84 Å². The fourth-order valence-electron chi connectivity index (χ4n) is 3.87. The largest absolute Gasteiger partial charge is 0.369 e. The van der Waals surface area contributed by atoms with E-state index in [0.717, 1.165) is 30.9 Å². The number of unbranched alkanes of at least 4 members (excludes halogenated alkanes) is 1. The van der Waals surface area contributed by atoms with Crippen LogP contribution in [0.5, 0.6) is 0 Å². The van der Waals surface area contributed by atoms with Crippen molar-refractivity contribution < 1.29 is 0 Å². The molecule has 160 valence electrons. The van der Waals surface area contributed by atoms with Crippen LogP contribution in [0.4, 0.5) is 11.4 Å². The summed E-state index contributed by atoms with van der Waals surface area (Å²) in [6.45, 7) is 7.83. The monoisotopic (exact) mass is 421 g/mol. The van der Waals surface area contributed by atoms with E-state index >= 15 is 0 Å². The first kappa shape index (κ1) is 22.5. The Bertz CT molecular complexity index is 870.